The van der Waals surface area contributed by atoms with Crippen molar-refractivity contribution in [2.45, 2.75) is 18.5 Å². The van der Waals surface area contributed by atoms with Crippen LogP contribution in [0.3, 0.4) is 0 Å². The number of carboxylic acid groups (broad SMARTS) is 1. The number of hydrogen-bond donors (Lipinski definition) is 3. The highest BCUT2D eigenvalue weighted by Gasteiger charge is 2.26. The molecule has 0 amide bonds. The van der Waals surface area contributed by atoms with Gasteiger partial charge in [-0.1, -0.05) is 0 Å². The van der Waals surface area contributed by atoms with Gasteiger partial charge in [0.2, 0.25) is 0 Å². The highest BCUT2D eigenvalue weighted by atomic mass is 16.4. The molecule has 1 aliphatic rings. The molecule has 0 aliphatic carbocycles. The maximum Gasteiger partial charge on any atom is 0.320 e. The van der Waals surface area contributed by atoms with Crippen LogP contribution in [0.1, 0.15) is 6.42 Å². The Morgan fingerprint density at radius 2 is 2.44 bits per heavy atom. The molecule has 4 heteroatoms. The summed E-state index contributed by atoms with van der Waals surface area (Å²) in [6.07, 6.45) is 0.551. The van der Waals surface area contributed by atoms with E-state index in [1.54, 1.807) is 0 Å². The molecular weight excluding hydrogens is 120 g/mol. The van der Waals surface area contributed by atoms with E-state index in [4.69, 9.17) is 10.8 Å². The van der Waals surface area contributed by atoms with Crippen LogP contribution in [-0.4, -0.2) is 29.7 Å². The SMILES string of the molecule is N[C@H]1CNC(C(=O)O)C1. The number of carbonyl (C=O) groups is 1. The van der Waals surface area contributed by atoms with Gasteiger partial charge in [0.1, 0.15) is 6.04 Å². The molecule has 0 aromatic carbocycles. The lowest BCUT2D eigenvalue weighted by molar-refractivity contribution is -0.139. The second-order valence-electron chi connectivity index (χ2n) is 2.29. The molecule has 9 heavy (non-hydrogen) atoms. The summed E-state index contributed by atoms with van der Waals surface area (Å²) in [6.45, 7) is 0.622. The highest BCUT2D eigenvalue weighted by Crippen LogP contribution is 2.03. The molecule has 0 saturated carbocycles. The van der Waals surface area contributed by atoms with Crippen LogP contribution in [-0.2, 0) is 4.79 Å². The summed E-state index contributed by atoms with van der Waals surface area (Å²) in [5.74, 6) is -0.803. The summed E-state index contributed by atoms with van der Waals surface area (Å²) < 4.78 is 0. The van der Waals surface area contributed by atoms with Crippen LogP contribution in [0.25, 0.3) is 0 Å². The quantitative estimate of drug-likeness (QED) is 0.415. The molecule has 4 N–H and O–H groups in total. The molecule has 0 aromatic heterocycles. The lowest BCUT2D eigenvalue weighted by atomic mass is 10.2. The smallest absolute Gasteiger partial charge is 0.320 e. The van der Waals surface area contributed by atoms with Gasteiger partial charge in [-0.05, 0) is 6.42 Å². The van der Waals surface area contributed by atoms with Gasteiger partial charge in [-0.2, -0.15) is 0 Å². The Morgan fingerprint density at radius 3 is 2.67 bits per heavy atom. The van der Waals surface area contributed by atoms with Crippen LogP contribution in [0.2, 0.25) is 0 Å². The molecule has 1 aliphatic heterocycles. The number of nitrogens with one attached hydrogen (secondary N) is 1. The normalized spacial score (nSPS) is 34.8. The van der Waals surface area contributed by atoms with Crippen molar-refractivity contribution in [3.63, 3.8) is 0 Å². The number of carboxylic acids is 1. The number of aliphatic carboxylic acids is 1. The van der Waals surface area contributed by atoms with Gasteiger partial charge >= 0.3 is 5.97 Å². The van der Waals surface area contributed by atoms with Gasteiger partial charge < -0.3 is 16.2 Å². The third-order valence-electron chi connectivity index (χ3n) is 1.46. The molecule has 4 nitrogen and oxygen atoms in total. The number of nitrogens with two attached hydrogens (primary N) is 1. The predicted octanol–water partition coefficient (Wildman–Crippen LogP) is -1.24. The third kappa shape index (κ3) is 1.40. The van der Waals surface area contributed by atoms with Crippen molar-refractivity contribution in [3.05, 3.63) is 0 Å². The minimum absolute atomic E-state index is 0.0195. The van der Waals surface area contributed by atoms with E-state index in [0.29, 0.717) is 13.0 Å². The molecule has 2 atom stereocenters. The summed E-state index contributed by atoms with van der Waals surface area (Å²) in [7, 11) is 0. The fraction of sp³-hybridized carbons (Fsp3) is 0.800. The average Bonchev–Trinajstić information content (AvgIpc) is 2.14. The van der Waals surface area contributed by atoms with Gasteiger partial charge in [0.25, 0.3) is 0 Å². The topological polar surface area (TPSA) is 75.3 Å². The molecule has 1 heterocycles. The first-order valence-electron chi connectivity index (χ1n) is 2.92. The van der Waals surface area contributed by atoms with Crippen molar-refractivity contribution in [3.8, 4) is 0 Å². The first kappa shape index (κ1) is 6.51. The first-order chi connectivity index (χ1) is 4.20. The van der Waals surface area contributed by atoms with Crippen molar-refractivity contribution in [1.82, 2.24) is 5.32 Å². The van der Waals surface area contributed by atoms with E-state index in [0.717, 1.165) is 0 Å². The summed E-state index contributed by atoms with van der Waals surface area (Å²) in [4.78, 5) is 10.2. The van der Waals surface area contributed by atoms with Gasteiger partial charge in [-0.15, -0.1) is 0 Å². The van der Waals surface area contributed by atoms with Gasteiger partial charge in [0.15, 0.2) is 0 Å². The largest absolute Gasteiger partial charge is 0.480 e. The molecule has 0 bridgehead atoms. The zero-order valence-corrected chi connectivity index (χ0v) is 5.00. The maximum absolute atomic E-state index is 10.2. The van der Waals surface area contributed by atoms with Crippen molar-refractivity contribution < 1.29 is 9.90 Å². The highest BCUT2D eigenvalue weighted by molar-refractivity contribution is 5.73. The van der Waals surface area contributed by atoms with Crippen molar-refractivity contribution in [2.24, 2.45) is 5.73 Å². The van der Waals surface area contributed by atoms with E-state index in [1.165, 1.54) is 0 Å². The molecule has 1 fully saturated rings. The fourth-order valence-electron chi connectivity index (χ4n) is 0.951. The van der Waals surface area contributed by atoms with Gasteiger partial charge in [-0.3, -0.25) is 4.79 Å². The van der Waals surface area contributed by atoms with Crippen LogP contribution in [0.15, 0.2) is 0 Å². The van der Waals surface area contributed by atoms with Crippen molar-refractivity contribution >= 4 is 5.97 Å². The van der Waals surface area contributed by atoms with E-state index in [1.807, 2.05) is 0 Å². The fourth-order valence-corrected chi connectivity index (χ4v) is 0.951. The first-order valence-corrected chi connectivity index (χ1v) is 2.92. The van der Waals surface area contributed by atoms with Gasteiger partial charge in [0.05, 0.1) is 0 Å². The standard InChI is InChI=1S/C5H10N2O2/c6-3-1-4(5(8)9)7-2-3/h3-4,7H,1-2,6H2,(H,8,9)/t3-,4?/m1/s1. The molecule has 0 radical (unpaired) electrons. The minimum atomic E-state index is -0.803. The van der Waals surface area contributed by atoms with E-state index < -0.39 is 12.0 Å². The van der Waals surface area contributed by atoms with Crippen molar-refractivity contribution in [1.29, 1.82) is 0 Å². The Balaban J connectivity index is 2.39. The summed E-state index contributed by atoms with van der Waals surface area (Å²) in [6, 6.07) is -0.397. The predicted molar refractivity (Wildman–Crippen MR) is 32.0 cm³/mol. The van der Waals surface area contributed by atoms with E-state index in [9.17, 15) is 4.79 Å². The molecule has 1 saturated heterocycles. The zero-order chi connectivity index (χ0) is 6.85. The second kappa shape index (κ2) is 2.33. The number of hydrogen-bond acceptors (Lipinski definition) is 3. The van der Waals surface area contributed by atoms with E-state index in [2.05, 4.69) is 5.32 Å². The molecular formula is C5H10N2O2. The van der Waals surface area contributed by atoms with Crippen LogP contribution >= 0.6 is 0 Å². The zero-order valence-electron chi connectivity index (χ0n) is 5.00. The lowest BCUT2D eigenvalue weighted by Crippen LogP contribution is -2.30. The lowest BCUT2D eigenvalue weighted by Gasteiger charge is -2.00. The Hall–Kier alpha value is -0.610. The minimum Gasteiger partial charge on any atom is -0.480 e. The Kier molecular flexibility index (Phi) is 1.68. The maximum atomic E-state index is 10.2. The monoisotopic (exact) mass is 130 g/mol. The Morgan fingerprint density at radius 1 is 1.78 bits per heavy atom. The summed E-state index contributed by atoms with van der Waals surface area (Å²) in [5, 5.41) is 11.2. The second-order valence-corrected chi connectivity index (χ2v) is 2.29. The van der Waals surface area contributed by atoms with Crippen molar-refractivity contribution in [2.75, 3.05) is 6.54 Å². The number of rotatable bonds is 1. The molecule has 52 valence electrons. The summed E-state index contributed by atoms with van der Waals surface area (Å²) >= 11 is 0. The van der Waals surface area contributed by atoms with Crippen LogP contribution < -0.4 is 11.1 Å². The Labute approximate surface area is 53.0 Å². The molecule has 1 unspecified atom stereocenters. The van der Waals surface area contributed by atoms with Crippen LogP contribution in [0.5, 0.6) is 0 Å². The molecule has 0 aromatic rings. The van der Waals surface area contributed by atoms with E-state index in [-0.39, 0.29) is 6.04 Å². The van der Waals surface area contributed by atoms with Crippen LogP contribution in [0, 0.1) is 0 Å². The third-order valence-corrected chi connectivity index (χ3v) is 1.46. The summed E-state index contributed by atoms with van der Waals surface area (Å²) in [5.41, 5.74) is 5.44. The van der Waals surface area contributed by atoms with Gasteiger partial charge in [-0.25, -0.2) is 0 Å². The van der Waals surface area contributed by atoms with Crippen LogP contribution in [0.4, 0.5) is 0 Å². The van der Waals surface area contributed by atoms with Gasteiger partial charge in [0, 0.05) is 12.6 Å². The van der Waals surface area contributed by atoms with E-state index >= 15 is 0 Å². The molecule has 1 rings (SSSR count). The average molecular weight is 130 g/mol. The Bertz CT molecular complexity index is 126. The molecule has 0 spiro atoms.